The Labute approximate surface area is 148 Å². The maximum Gasteiger partial charge on any atom is 0.194 e. The van der Waals surface area contributed by atoms with Crippen LogP contribution in [0, 0.1) is 13.8 Å². The lowest BCUT2D eigenvalue weighted by atomic mass is 10.2. The number of hydrogen-bond donors (Lipinski definition) is 1. The fraction of sp³-hybridized carbons (Fsp3) is 0.765. The summed E-state index contributed by atoms with van der Waals surface area (Å²) in [6.07, 6.45) is 1.21. The SMILES string of the molecule is CCNC(=NCc1nc(C)c(C)s1)N1CCC(N2CCOCC2)C1. The van der Waals surface area contributed by atoms with E-state index in [0.717, 1.165) is 62.6 Å². The molecule has 3 heterocycles. The van der Waals surface area contributed by atoms with Crippen LogP contribution < -0.4 is 5.32 Å². The zero-order chi connectivity index (χ0) is 16.9. The Bertz CT molecular complexity index is 548. The Morgan fingerprint density at radius 2 is 2.12 bits per heavy atom. The minimum atomic E-state index is 0.627. The first-order chi connectivity index (χ1) is 11.7. The van der Waals surface area contributed by atoms with Gasteiger partial charge in [-0.25, -0.2) is 9.98 Å². The van der Waals surface area contributed by atoms with Gasteiger partial charge < -0.3 is 15.0 Å². The van der Waals surface area contributed by atoms with Crippen LogP contribution in [0.15, 0.2) is 4.99 Å². The van der Waals surface area contributed by atoms with Crippen LogP contribution in [0.4, 0.5) is 0 Å². The maximum absolute atomic E-state index is 5.47. The predicted octanol–water partition coefficient (Wildman–Crippen LogP) is 1.63. The van der Waals surface area contributed by atoms with Crippen molar-refractivity contribution in [2.45, 2.75) is 39.8 Å². The number of ether oxygens (including phenoxy) is 1. The normalized spacial score (nSPS) is 23.0. The molecule has 1 unspecified atom stereocenters. The van der Waals surface area contributed by atoms with Crippen molar-refractivity contribution in [2.75, 3.05) is 45.9 Å². The monoisotopic (exact) mass is 351 g/mol. The van der Waals surface area contributed by atoms with Gasteiger partial charge in [-0.3, -0.25) is 4.90 Å². The number of thiazole rings is 1. The van der Waals surface area contributed by atoms with Gasteiger partial charge in [-0.1, -0.05) is 0 Å². The quantitative estimate of drug-likeness (QED) is 0.660. The van der Waals surface area contributed by atoms with Gasteiger partial charge in [0, 0.05) is 43.6 Å². The summed E-state index contributed by atoms with van der Waals surface area (Å²) >= 11 is 1.75. The number of aryl methyl sites for hydroxylation is 2. The topological polar surface area (TPSA) is 53.0 Å². The minimum Gasteiger partial charge on any atom is -0.379 e. The summed E-state index contributed by atoms with van der Waals surface area (Å²) in [6.45, 7) is 13.9. The molecule has 0 radical (unpaired) electrons. The Morgan fingerprint density at radius 3 is 2.79 bits per heavy atom. The summed E-state index contributed by atoms with van der Waals surface area (Å²) in [5.41, 5.74) is 1.13. The number of likely N-dealkylation sites (tertiary alicyclic amines) is 1. The van der Waals surface area contributed by atoms with Gasteiger partial charge in [0.25, 0.3) is 0 Å². The largest absolute Gasteiger partial charge is 0.379 e. The zero-order valence-electron chi connectivity index (χ0n) is 15.0. The summed E-state index contributed by atoms with van der Waals surface area (Å²) < 4.78 is 5.47. The minimum absolute atomic E-state index is 0.627. The van der Waals surface area contributed by atoms with E-state index in [1.54, 1.807) is 11.3 Å². The van der Waals surface area contributed by atoms with E-state index < -0.39 is 0 Å². The Hall–Kier alpha value is -1.18. The molecule has 2 fully saturated rings. The van der Waals surface area contributed by atoms with Crippen molar-refractivity contribution in [2.24, 2.45) is 4.99 Å². The zero-order valence-corrected chi connectivity index (χ0v) is 15.9. The number of nitrogens with one attached hydrogen (secondary N) is 1. The van der Waals surface area contributed by atoms with Gasteiger partial charge in [-0.05, 0) is 27.2 Å². The highest BCUT2D eigenvalue weighted by molar-refractivity contribution is 7.11. The van der Waals surface area contributed by atoms with Crippen LogP contribution in [-0.2, 0) is 11.3 Å². The average molecular weight is 352 g/mol. The van der Waals surface area contributed by atoms with Crippen molar-refractivity contribution in [3.05, 3.63) is 15.6 Å². The van der Waals surface area contributed by atoms with Crippen molar-refractivity contribution in [3.8, 4) is 0 Å². The third-order valence-electron chi connectivity index (χ3n) is 4.80. The molecule has 134 valence electrons. The van der Waals surface area contributed by atoms with E-state index in [0.29, 0.717) is 12.6 Å². The highest BCUT2D eigenvalue weighted by Gasteiger charge is 2.30. The number of aromatic nitrogens is 1. The Kier molecular flexibility index (Phi) is 6.08. The molecule has 0 bridgehead atoms. The van der Waals surface area contributed by atoms with Crippen molar-refractivity contribution in [1.29, 1.82) is 0 Å². The van der Waals surface area contributed by atoms with E-state index in [1.807, 2.05) is 0 Å². The van der Waals surface area contributed by atoms with Crippen molar-refractivity contribution in [1.82, 2.24) is 20.1 Å². The van der Waals surface area contributed by atoms with Gasteiger partial charge >= 0.3 is 0 Å². The third kappa shape index (κ3) is 4.26. The first-order valence-corrected chi connectivity index (χ1v) is 9.77. The van der Waals surface area contributed by atoms with Gasteiger partial charge in [-0.2, -0.15) is 0 Å². The summed E-state index contributed by atoms with van der Waals surface area (Å²) in [4.78, 5) is 15.7. The van der Waals surface area contributed by atoms with E-state index in [2.05, 4.69) is 40.9 Å². The Balaban J connectivity index is 1.61. The number of nitrogens with zero attached hydrogens (tertiary/aromatic N) is 4. The van der Waals surface area contributed by atoms with E-state index in [1.165, 1.54) is 11.3 Å². The molecular weight excluding hydrogens is 322 g/mol. The molecule has 2 aliphatic rings. The fourth-order valence-corrected chi connectivity index (χ4v) is 4.21. The number of hydrogen-bond acceptors (Lipinski definition) is 5. The second kappa shape index (κ2) is 8.27. The molecule has 2 aliphatic heterocycles. The van der Waals surface area contributed by atoms with Crippen LogP contribution in [0.2, 0.25) is 0 Å². The highest BCUT2D eigenvalue weighted by Crippen LogP contribution is 2.19. The first-order valence-electron chi connectivity index (χ1n) is 8.95. The lowest BCUT2D eigenvalue weighted by Gasteiger charge is -2.32. The molecule has 1 aromatic heterocycles. The van der Waals surface area contributed by atoms with Crippen LogP contribution in [0.3, 0.4) is 0 Å². The summed E-state index contributed by atoms with van der Waals surface area (Å²) in [6, 6.07) is 0.627. The van der Waals surface area contributed by atoms with E-state index in [9.17, 15) is 0 Å². The predicted molar refractivity (Wildman–Crippen MR) is 98.8 cm³/mol. The van der Waals surface area contributed by atoms with E-state index in [4.69, 9.17) is 9.73 Å². The smallest absolute Gasteiger partial charge is 0.194 e. The molecule has 1 atom stereocenters. The van der Waals surface area contributed by atoms with Gasteiger partial charge in [0.15, 0.2) is 5.96 Å². The molecule has 1 N–H and O–H groups in total. The molecule has 3 rings (SSSR count). The highest BCUT2D eigenvalue weighted by atomic mass is 32.1. The fourth-order valence-electron chi connectivity index (χ4n) is 3.35. The van der Waals surface area contributed by atoms with Crippen LogP contribution in [0.25, 0.3) is 0 Å². The van der Waals surface area contributed by atoms with E-state index >= 15 is 0 Å². The molecule has 0 aliphatic carbocycles. The van der Waals surface area contributed by atoms with Gasteiger partial charge in [0.1, 0.15) is 5.01 Å². The van der Waals surface area contributed by atoms with Crippen molar-refractivity contribution < 1.29 is 4.74 Å². The van der Waals surface area contributed by atoms with Crippen LogP contribution in [0.5, 0.6) is 0 Å². The lowest BCUT2D eigenvalue weighted by molar-refractivity contribution is 0.0195. The van der Waals surface area contributed by atoms with Crippen molar-refractivity contribution in [3.63, 3.8) is 0 Å². The average Bonchev–Trinajstić information content (AvgIpc) is 3.20. The maximum atomic E-state index is 5.47. The van der Waals surface area contributed by atoms with Gasteiger partial charge in [-0.15, -0.1) is 11.3 Å². The molecule has 0 amide bonds. The second-order valence-electron chi connectivity index (χ2n) is 6.46. The second-order valence-corrected chi connectivity index (χ2v) is 7.74. The molecule has 0 spiro atoms. The molecule has 7 heteroatoms. The molecule has 0 aromatic carbocycles. The molecular formula is C17H29N5OS. The number of morpholine rings is 1. The van der Waals surface area contributed by atoms with E-state index in [-0.39, 0.29) is 0 Å². The van der Waals surface area contributed by atoms with Gasteiger partial charge in [0.2, 0.25) is 0 Å². The van der Waals surface area contributed by atoms with Crippen LogP contribution in [-0.4, -0.2) is 72.7 Å². The summed E-state index contributed by atoms with van der Waals surface area (Å²) in [7, 11) is 0. The molecule has 0 saturated carbocycles. The standard InChI is InChI=1S/C17H29N5OS/c1-4-18-17(19-11-16-20-13(2)14(3)24-16)22-6-5-15(12-22)21-7-9-23-10-8-21/h15H,4-12H2,1-3H3,(H,18,19). The number of rotatable bonds is 4. The summed E-state index contributed by atoms with van der Waals surface area (Å²) in [5.74, 6) is 1.03. The molecule has 6 nitrogen and oxygen atoms in total. The molecule has 24 heavy (non-hydrogen) atoms. The summed E-state index contributed by atoms with van der Waals surface area (Å²) in [5, 5.41) is 4.55. The molecule has 1 aromatic rings. The van der Waals surface area contributed by atoms with Crippen LogP contribution >= 0.6 is 11.3 Å². The third-order valence-corrected chi connectivity index (χ3v) is 5.85. The molecule has 2 saturated heterocycles. The lowest BCUT2D eigenvalue weighted by Crippen LogP contribution is -2.46. The van der Waals surface area contributed by atoms with Crippen molar-refractivity contribution >= 4 is 17.3 Å². The number of aliphatic imine (C=N–C) groups is 1. The number of guanidine groups is 1. The first kappa shape index (κ1) is 17.6. The van der Waals surface area contributed by atoms with Crippen LogP contribution in [0.1, 0.15) is 28.9 Å². The Morgan fingerprint density at radius 1 is 1.33 bits per heavy atom. The van der Waals surface area contributed by atoms with Gasteiger partial charge in [0.05, 0.1) is 25.5 Å².